The Morgan fingerprint density at radius 1 is 0.875 bits per heavy atom. The molecule has 2 rings (SSSR count). The molecule has 7 heteroatoms. The molecule has 0 aliphatic heterocycles. The molecule has 2 aromatic rings. The molecule has 0 bridgehead atoms. The predicted molar refractivity (Wildman–Crippen MR) is 94.6 cm³/mol. The summed E-state index contributed by atoms with van der Waals surface area (Å²) in [5.41, 5.74) is 7.09. The molecule has 6 nitrogen and oxygen atoms in total. The van der Waals surface area contributed by atoms with Crippen LogP contribution in [0.25, 0.3) is 0 Å². The Labute approximate surface area is 147 Å². The van der Waals surface area contributed by atoms with E-state index in [-0.39, 0.29) is 5.91 Å². The van der Waals surface area contributed by atoms with E-state index < -0.39 is 11.8 Å². The van der Waals surface area contributed by atoms with Crippen molar-refractivity contribution in [3.63, 3.8) is 0 Å². The summed E-state index contributed by atoms with van der Waals surface area (Å²) in [6, 6.07) is 11.5. The van der Waals surface area contributed by atoms with Crippen LogP contribution in [0.5, 0.6) is 0 Å². The molecule has 3 N–H and O–H groups in total. The predicted octanol–water partition coefficient (Wildman–Crippen LogP) is 2.79. The molecule has 24 heavy (non-hydrogen) atoms. The first-order valence-corrected chi connectivity index (χ1v) is 7.90. The molecule has 124 valence electrons. The Kier molecular flexibility index (Phi) is 5.70. The SMILES string of the molecule is CC(=O)Nc1ccc(C(=O)NNC(=O)c2ccc(C)c(Br)c2)cc1. The van der Waals surface area contributed by atoms with Crippen molar-refractivity contribution >= 4 is 39.3 Å². The number of benzene rings is 2. The van der Waals surface area contributed by atoms with Crippen molar-refractivity contribution in [3.8, 4) is 0 Å². The van der Waals surface area contributed by atoms with Crippen molar-refractivity contribution in [1.29, 1.82) is 0 Å². The number of amides is 3. The molecule has 0 spiro atoms. The van der Waals surface area contributed by atoms with Gasteiger partial charge in [0.05, 0.1) is 0 Å². The van der Waals surface area contributed by atoms with E-state index in [1.165, 1.54) is 6.92 Å². The van der Waals surface area contributed by atoms with Gasteiger partial charge in [0.25, 0.3) is 11.8 Å². The van der Waals surface area contributed by atoms with Gasteiger partial charge in [-0.3, -0.25) is 25.2 Å². The minimum absolute atomic E-state index is 0.191. The minimum atomic E-state index is -0.455. The van der Waals surface area contributed by atoms with Crippen molar-refractivity contribution in [1.82, 2.24) is 10.9 Å². The third-order valence-corrected chi connectivity index (χ3v) is 4.05. The van der Waals surface area contributed by atoms with Gasteiger partial charge in [0.15, 0.2) is 0 Å². The highest BCUT2D eigenvalue weighted by Gasteiger charge is 2.10. The maximum absolute atomic E-state index is 12.0. The Bertz CT molecular complexity index is 788. The highest BCUT2D eigenvalue weighted by Crippen LogP contribution is 2.17. The van der Waals surface area contributed by atoms with Gasteiger partial charge < -0.3 is 5.32 Å². The van der Waals surface area contributed by atoms with Crippen LogP contribution in [0, 0.1) is 6.92 Å². The lowest BCUT2D eigenvalue weighted by Crippen LogP contribution is -2.41. The average Bonchev–Trinajstić information content (AvgIpc) is 2.55. The number of aryl methyl sites for hydroxylation is 1. The molecule has 0 aromatic heterocycles. The number of hydrazine groups is 1. The molecule has 0 aliphatic rings. The second-order valence-corrected chi connectivity index (χ2v) is 5.99. The molecule has 3 amide bonds. The molecule has 0 heterocycles. The first-order valence-electron chi connectivity index (χ1n) is 7.11. The summed E-state index contributed by atoms with van der Waals surface area (Å²) in [5, 5.41) is 2.61. The molecule has 0 unspecified atom stereocenters. The van der Waals surface area contributed by atoms with Gasteiger partial charge in [0.2, 0.25) is 5.91 Å². The average molecular weight is 390 g/mol. The molecule has 0 saturated heterocycles. The molecular weight excluding hydrogens is 374 g/mol. The molecule has 0 aliphatic carbocycles. The van der Waals surface area contributed by atoms with Crippen LogP contribution in [0.4, 0.5) is 5.69 Å². The maximum atomic E-state index is 12.0. The van der Waals surface area contributed by atoms with Crippen LogP contribution < -0.4 is 16.2 Å². The zero-order valence-corrected chi connectivity index (χ0v) is 14.7. The molecule has 0 fully saturated rings. The van der Waals surface area contributed by atoms with Crippen molar-refractivity contribution in [2.75, 3.05) is 5.32 Å². The Balaban J connectivity index is 1.95. The fraction of sp³-hybridized carbons (Fsp3) is 0.118. The van der Waals surface area contributed by atoms with Gasteiger partial charge in [0, 0.05) is 28.2 Å². The first kappa shape index (κ1) is 17.7. The third kappa shape index (κ3) is 4.66. The number of carbonyl (C=O) groups is 3. The second kappa shape index (κ2) is 7.74. The normalized spacial score (nSPS) is 9.96. The number of anilines is 1. The first-order chi connectivity index (χ1) is 11.4. The number of hydrogen-bond donors (Lipinski definition) is 3. The molecule has 0 radical (unpaired) electrons. The second-order valence-electron chi connectivity index (χ2n) is 5.13. The van der Waals surface area contributed by atoms with Gasteiger partial charge in [-0.05, 0) is 48.9 Å². The van der Waals surface area contributed by atoms with E-state index in [1.54, 1.807) is 36.4 Å². The summed E-state index contributed by atoms with van der Waals surface area (Å²) in [7, 11) is 0. The lowest BCUT2D eigenvalue weighted by molar-refractivity contribution is -0.114. The van der Waals surface area contributed by atoms with E-state index in [9.17, 15) is 14.4 Å². The molecule has 2 aromatic carbocycles. The van der Waals surface area contributed by atoms with Gasteiger partial charge in [-0.2, -0.15) is 0 Å². The summed E-state index contributed by atoms with van der Waals surface area (Å²) >= 11 is 3.36. The third-order valence-electron chi connectivity index (χ3n) is 3.19. The fourth-order valence-corrected chi connectivity index (χ4v) is 2.28. The van der Waals surface area contributed by atoms with Crippen LogP contribution in [0.2, 0.25) is 0 Å². The van der Waals surface area contributed by atoms with E-state index in [2.05, 4.69) is 32.1 Å². The van der Waals surface area contributed by atoms with E-state index in [0.29, 0.717) is 16.8 Å². The summed E-state index contributed by atoms with van der Waals surface area (Å²) in [4.78, 5) is 35.0. The van der Waals surface area contributed by atoms with Crippen molar-refractivity contribution < 1.29 is 14.4 Å². The zero-order chi connectivity index (χ0) is 17.7. The number of rotatable bonds is 3. The highest BCUT2D eigenvalue weighted by atomic mass is 79.9. The summed E-state index contributed by atoms with van der Waals surface area (Å²) in [6.07, 6.45) is 0. The highest BCUT2D eigenvalue weighted by molar-refractivity contribution is 9.10. The van der Waals surface area contributed by atoms with Crippen LogP contribution in [-0.2, 0) is 4.79 Å². The maximum Gasteiger partial charge on any atom is 0.269 e. The van der Waals surface area contributed by atoms with E-state index >= 15 is 0 Å². The lowest BCUT2D eigenvalue weighted by atomic mass is 10.1. The largest absolute Gasteiger partial charge is 0.326 e. The number of carbonyl (C=O) groups excluding carboxylic acids is 3. The Morgan fingerprint density at radius 2 is 1.42 bits per heavy atom. The quantitative estimate of drug-likeness (QED) is 0.705. The van der Waals surface area contributed by atoms with Crippen LogP contribution in [0.1, 0.15) is 33.2 Å². The van der Waals surface area contributed by atoms with Gasteiger partial charge in [-0.25, -0.2) is 0 Å². The minimum Gasteiger partial charge on any atom is -0.326 e. The molecule has 0 atom stereocenters. The van der Waals surface area contributed by atoms with Gasteiger partial charge >= 0.3 is 0 Å². The summed E-state index contributed by atoms with van der Waals surface area (Å²) in [5.74, 6) is -1.06. The van der Waals surface area contributed by atoms with Gasteiger partial charge in [-0.1, -0.05) is 22.0 Å². The van der Waals surface area contributed by atoms with Crippen LogP contribution in [-0.4, -0.2) is 17.7 Å². The summed E-state index contributed by atoms with van der Waals surface area (Å²) in [6.45, 7) is 3.32. The van der Waals surface area contributed by atoms with Crippen LogP contribution in [0.15, 0.2) is 46.9 Å². The molecule has 0 saturated carbocycles. The number of nitrogens with one attached hydrogen (secondary N) is 3. The van der Waals surface area contributed by atoms with Gasteiger partial charge in [0.1, 0.15) is 0 Å². The standard InChI is InChI=1S/C17H16BrN3O3/c1-10-3-4-13(9-15(10)18)17(24)21-20-16(23)12-5-7-14(8-6-12)19-11(2)22/h3-9H,1-2H3,(H,19,22)(H,20,23)(H,21,24). The topological polar surface area (TPSA) is 87.3 Å². The molecular formula is C17H16BrN3O3. The van der Waals surface area contributed by atoms with Crippen molar-refractivity contribution in [2.24, 2.45) is 0 Å². The Hall–Kier alpha value is -2.67. The Morgan fingerprint density at radius 3 is 1.96 bits per heavy atom. The number of halogens is 1. The smallest absolute Gasteiger partial charge is 0.269 e. The summed E-state index contributed by atoms with van der Waals surface area (Å²) < 4.78 is 0.815. The van der Waals surface area contributed by atoms with E-state index in [4.69, 9.17) is 0 Å². The van der Waals surface area contributed by atoms with Gasteiger partial charge in [-0.15, -0.1) is 0 Å². The van der Waals surface area contributed by atoms with E-state index in [0.717, 1.165) is 10.0 Å². The lowest BCUT2D eigenvalue weighted by Gasteiger charge is -2.09. The van der Waals surface area contributed by atoms with Crippen LogP contribution in [0.3, 0.4) is 0 Å². The zero-order valence-electron chi connectivity index (χ0n) is 13.1. The fourth-order valence-electron chi connectivity index (χ4n) is 1.90. The van der Waals surface area contributed by atoms with Crippen molar-refractivity contribution in [3.05, 3.63) is 63.6 Å². The number of hydrogen-bond acceptors (Lipinski definition) is 3. The van der Waals surface area contributed by atoms with E-state index in [1.807, 2.05) is 13.0 Å². The monoisotopic (exact) mass is 389 g/mol. The van der Waals surface area contributed by atoms with Crippen molar-refractivity contribution in [2.45, 2.75) is 13.8 Å². The van der Waals surface area contributed by atoms with Crippen LogP contribution >= 0.6 is 15.9 Å².